The Kier molecular flexibility index (Phi) is 2.50. The fourth-order valence-electron chi connectivity index (χ4n) is 0.971. The molecular formula is C8H11NO3. The Labute approximate surface area is 70.3 Å². The third-order valence-electron chi connectivity index (χ3n) is 1.69. The summed E-state index contributed by atoms with van der Waals surface area (Å²) in [5, 5.41) is 0. The van der Waals surface area contributed by atoms with Gasteiger partial charge in [0, 0.05) is 5.56 Å². The van der Waals surface area contributed by atoms with Crippen molar-refractivity contribution in [1.29, 1.82) is 0 Å². The SMILES string of the molecule is COC(=O)C(N)c1ccoc1C. The summed E-state index contributed by atoms with van der Waals surface area (Å²) in [5.41, 5.74) is 6.23. The predicted molar refractivity (Wildman–Crippen MR) is 42.4 cm³/mol. The molecule has 0 spiro atoms. The van der Waals surface area contributed by atoms with E-state index in [1.165, 1.54) is 13.4 Å². The number of nitrogens with two attached hydrogens (primary N) is 1. The molecule has 0 saturated carbocycles. The van der Waals surface area contributed by atoms with Crippen molar-refractivity contribution >= 4 is 5.97 Å². The molecule has 0 aliphatic heterocycles. The summed E-state index contributed by atoms with van der Waals surface area (Å²) in [6.07, 6.45) is 1.49. The third kappa shape index (κ3) is 1.48. The van der Waals surface area contributed by atoms with Gasteiger partial charge in [0.2, 0.25) is 0 Å². The molecule has 0 aromatic carbocycles. The zero-order valence-electron chi connectivity index (χ0n) is 7.03. The van der Waals surface area contributed by atoms with Crippen molar-refractivity contribution in [2.75, 3.05) is 7.11 Å². The van der Waals surface area contributed by atoms with Crippen LogP contribution in [-0.2, 0) is 9.53 Å². The number of carbonyl (C=O) groups is 1. The van der Waals surface area contributed by atoms with E-state index in [4.69, 9.17) is 10.2 Å². The van der Waals surface area contributed by atoms with Gasteiger partial charge < -0.3 is 14.9 Å². The quantitative estimate of drug-likeness (QED) is 0.664. The van der Waals surface area contributed by atoms with E-state index in [1.807, 2.05) is 0 Å². The van der Waals surface area contributed by atoms with Crippen LogP contribution in [0.1, 0.15) is 17.4 Å². The zero-order chi connectivity index (χ0) is 9.14. The number of furan rings is 1. The fraction of sp³-hybridized carbons (Fsp3) is 0.375. The molecule has 1 unspecified atom stereocenters. The first-order chi connectivity index (χ1) is 5.66. The third-order valence-corrected chi connectivity index (χ3v) is 1.69. The topological polar surface area (TPSA) is 65.5 Å². The molecule has 1 aromatic heterocycles. The molecule has 0 fully saturated rings. The minimum atomic E-state index is -0.742. The number of ether oxygens (including phenoxy) is 1. The first-order valence-electron chi connectivity index (χ1n) is 3.54. The summed E-state index contributed by atoms with van der Waals surface area (Å²) in [7, 11) is 1.30. The van der Waals surface area contributed by atoms with E-state index in [2.05, 4.69) is 4.74 Å². The normalized spacial score (nSPS) is 12.6. The smallest absolute Gasteiger partial charge is 0.327 e. The molecule has 4 heteroatoms. The summed E-state index contributed by atoms with van der Waals surface area (Å²) in [4.78, 5) is 11.0. The fourth-order valence-corrected chi connectivity index (χ4v) is 0.971. The van der Waals surface area contributed by atoms with E-state index in [0.29, 0.717) is 11.3 Å². The van der Waals surface area contributed by atoms with Gasteiger partial charge in [0.25, 0.3) is 0 Å². The lowest BCUT2D eigenvalue weighted by molar-refractivity contribution is -0.142. The highest BCUT2D eigenvalue weighted by molar-refractivity contribution is 5.77. The molecule has 66 valence electrons. The van der Waals surface area contributed by atoms with Gasteiger partial charge in [-0.05, 0) is 13.0 Å². The van der Waals surface area contributed by atoms with Crippen molar-refractivity contribution in [3.8, 4) is 0 Å². The summed E-state index contributed by atoms with van der Waals surface area (Å²) in [6.45, 7) is 1.75. The molecule has 0 bridgehead atoms. The molecule has 1 atom stereocenters. The van der Waals surface area contributed by atoms with Gasteiger partial charge in [-0.25, -0.2) is 0 Å². The highest BCUT2D eigenvalue weighted by atomic mass is 16.5. The van der Waals surface area contributed by atoms with Crippen LogP contribution in [0.3, 0.4) is 0 Å². The second-order valence-electron chi connectivity index (χ2n) is 2.43. The van der Waals surface area contributed by atoms with E-state index in [0.717, 1.165) is 0 Å². The van der Waals surface area contributed by atoms with Gasteiger partial charge in [-0.2, -0.15) is 0 Å². The predicted octanol–water partition coefficient (Wildman–Crippen LogP) is 0.761. The Morgan fingerprint density at radius 3 is 2.83 bits per heavy atom. The molecule has 0 amide bonds. The van der Waals surface area contributed by atoms with E-state index in [9.17, 15) is 4.79 Å². The van der Waals surface area contributed by atoms with Crippen LogP contribution >= 0.6 is 0 Å². The molecule has 1 heterocycles. The second-order valence-corrected chi connectivity index (χ2v) is 2.43. The average Bonchev–Trinajstić information content (AvgIpc) is 2.48. The van der Waals surface area contributed by atoms with Crippen LogP contribution in [0.25, 0.3) is 0 Å². The van der Waals surface area contributed by atoms with E-state index in [1.54, 1.807) is 13.0 Å². The van der Waals surface area contributed by atoms with Gasteiger partial charge >= 0.3 is 5.97 Å². The molecule has 2 N–H and O–H groups in total. The number of rotatable bonds is 2. The molecule has 0 aliphatic carbocycles. The van der Waals surface area contributed by atoms with Crippen LogP contribution in [-0.4, -0.2) is 13.1 Å². The van der Waals surface area contributed by atoms with Gasteiger partial charge in [-0.1, -0.05) is 0 Å². The van der Waals surface area contributed by atoms with E-state index in [-0.39, 0.29) is 0 Å². The molecule has 1 rings (SSSR count). The van der Waals surface area contributed by atoms with Crippen LogP contribution < -0.4 is 5.73 Å². The minimum absolute atomic E-state index is 0.459. The molecule has 1 aromatic rings. The first-order valence-corrected chi connectivity index (χ1v) is 3.54. The Morgan fingerprint density at radius 2 is 2.42 bits per heavy atom. The van der Waals surface area contributed by atoms with Crippen LogP contribution in [0.4, 0.5) is 0 Å². The number of esters is 1. The van der Waals surface area contributed by atoms with Crippen LogP contribution in [0, 0.1) is 6.92 Å². The summed E-state index contributed by atoms with van der Waals surface area (Å²) >= 11 is 0. The minimum Gasteiger partial charge on any atom is -0.469 e. The molecular weight excluding hydrogens is 158 g/mol. The van der Waals surface area contributed by atoms with Crippen molar-refractivity contribution in [2.45, 2.75) is 13.0 Å². The largest absolute Gasteiger partial charge is 0.469 e. The van der Waals surface area contributed by atoms with Crippen LogP contribution in [0.2, 0.25) is 0 Å². The van der Waals surface area contributed by atoms with Gasteiger partial charge in [-0.15, -0.1) is 0 Å². The second kappa shape index (κ2) is 3.40. The molecule has 0 radical (unpaired) electrons. The highest BCUT2D eigenvalue weighted by Crippen LogP contribution is 2.17. The molecule has 0 saturated heterocycles. The lowest BCUT2D eigenvalue weighted by Crippen LogP contribution is -2.22. The number of hydrogen-bond acceptors (Lipinski definition) is 4. The van der Waals surface area contributed by atoms with Gasteiger partial charge in [0.15, 0.2) is 0 Å². The Bertz CT molecular complexity index is 280. The number of aryl methyl sites for hydroxylation is 1. The first kappa shape index (κ1) is 8.80. The van der Waals surface area contributed by atoms with Crippen molar-refractivity contribution in [3.63, 3.8) is 0 Å². The molecule has 12 heavy (non-hydrogen) atoms. The standard InChI is InChI=1S/C8H11NO3/c1-5-6(3-4-12-5)7(9)8(10)11-2/h3-4,7H,9H2,1-2H3. The van der Waals surface area contributed by atoms with E-state index < -0.39 is 12.0 Å². The summed E-state index contributed by atoms with van der Waals surface area (Å²) in [6, 6.07) is 0.922. The van der Waals surface area contributed by atoms with Crippen molar-refractivity contribution in [1.82, 2.24) is 0 Å². The zero-order valence-corrected chi connectivity index (χ0v) is 7.03. The van der Waals surface area contributed by atoms with Crippen LogP contribution in [0.15, 0.2) is 16.7 Å². The maximum Gasteiger partial charge on any atom is 0.327 e. The maximum atomic E-state index is 11.0. The number of hydrogen-bond donors (Lipinski definition) is 1. The lowest BCUT2D eigenvalue weighted by atomic mass is 10.1. The van der Waals surface area contributed by atoms with Gasteiger partial charge in [0.1, 0.15) is 11.8 Å². The van der Waals surface area contributed by atoms with Crippen molar-refractivity contribution in [3.05, 3.63) is 23.7 Å². The Balaban J connectivity index is 2.84. The Hall–Kier alpha value is -1.29. The highest BCUT2D eigenvalue weighted by Gasteiger charge is 2.19. The van der Waals surface area contributed by atoms with Gasteiger partial charge in [0.05, 0.1) is 13.4 Å². The maximum absolute atomic E-state index is 11.0. The monoisotopic (exact) mass is 169 g/mol. The Morgan fingerprint density at radius 1 is 1.75 bits per heavy atom. The number of carbonyl (C=O) groups excluding carboxylic acids is 1. The molecule has 4 nitrogen and oxygen atoms in total. The summed E-state index contributed by atoms with van der Waals surface area (Å²) < 4.78 is 9.48. The van der Waals surface area contributed by atoms with Crippen LogP contribution in [0.5, 0.6) is 0 Å². The van der Waals surface area contributed by atoms with Gasteiger partial charge in [-0.3, -0.25) is 4.79 Å². The molecule has 0 aliphatic rings. The summed E-state index contributed by atoms with van der Waals surface area (Å²) in [5.74, 6) is 0.187. The lowest BCUT2D eigenvalue weighted by Gasteiger charge is -2.06. The van der Waals surface area contributed by atoms with Crippen molar-refractivity contribution < 1.29 is 13.9 Å². The van der Waals surface area contributed by atoms with E-state index >= 15 is 0 Å². The number of methoxy groups -OCH3 is 1. The van der Waals surface area contributed by atoms with Crippen molar-refractivity contribution in [2.24, 2.45) is 5.73 Å². The average molecular weight is 169 g/mol.